The smallest absolute Gasteiger partial charge is 0.218 e. The number of rotatable bonds is 0. The van der Waals surface area contributed by atoms with Crippen LogP contribution in [-0.2, 0) is 6.42 Å². The molecule has 4 nitrogen and oxygen atoms in total. The van der Waals surface area contributed by atoms with E-state index in [0.29, 0.717) is 5.92 Å². The van der Waals surface area contributed by atoms with E-state index in [1.807, 2.05) is 6.07 Å². The first-order chi connectivity index (χ1) is 24.8. The summed E-state index contributed by atoms with van der Waals surface area (Å²) in [5.41, 5.74) is 13.5. The number of pyridine rings is 2. The monoisotopic (exact) mass is 641 g/mol. The van der Waals surface area contributed by atoms with Gasteiger partial charge in [0.1, 0.15) is 11.2 Å². The molecule has 0 N–H and O–H groups in total. The molecule has 0 saturated heterocycles. The van der Waals surface area contributed by atoms with Crippen LogP contribution in [0.25, 0.3) is 88.7 Å². The molecule has 7 heterocycles. The highest BCUT2D eigenvalue weighted by Crippen LogP contribution is 2.46. The van der Waals surface area contributed by atoms with Crippen molar-refractivity contribution in [3.8, 4) is 22.5 Å². The van der Waals surface area contributed by atoms with E-state index in [1.54, 1.807) is 0 Å². The summed E-state index contributed by atoms with van der Waals surface area (Å²) < 4.78 is 13.8. The van der Waals surface area contributed by atoms with Gasteiger partial charge in [0.15, 0.2) is 24.6 Å². The highest BCUT2D eigenvalue weighted by molar-refractivity contribution is 6.26. The molecular weight excluding hydrogens is 611 g/mol. The first-order valence-corrected chi connectivity index (χ1v) is 17.6. The molecule has 0 fully saturated rings. The molecule has 0 radical (unpaired) electrons. The van der Waals surface area contributed by atoms with Gasteiger partial charge in [-0.15, -0.1) is 0 Å². The van der Waals surface area contributed by atoms with Gasteiger partial charge in [0, 0.05) is 74.6 Å². The Labute approximate surface area is 287 Å². The minimum atomic E-state index is 0.262. The van der Waals surface area contributed by atoms with Crippen LogP contribution in [0.15, 0.2) is 150 Å². The summed E-state index contributed by atoms with van der Waals surface area (Å²) in [6.45, 7) is 0. The van der Waals surface area contributed by atoms with Gasteiger partial charge >= 0.3 is 0 Å². The maximum absolute atomic E-state index is 6.44. The largest absolute Gasteiger partial charge is 0.456 e. The molecule has 2 aliphatic rings. The topological polar surface area (TPSA) is 25.3 Å². The zero-order valence-electron chi connectivity index (χ0n) is 27.3. The molecule has 0 bridgehead atoms. The van der Waals surface area contributed by atoms with Crippen LogP contribution >= 0.6 is 0 Å². The minimum absolute atomic E-state index is 0.262. The lowest BCUT2D eigenvalue weighted by atomic mass is 9.78. The Morgan fingerprint density at radius 2 is 1.34 bits per heavy atom. The number of hydrogen-bond acceptors (Lipinski definition) is 1. The van der Waals surface area contributed by atoms with Crippen molar-refractivity contribution in [1.82, 2.24) is 4.40 Å². The Kier molecular flexibility index (Phi) is 5.16. The van der Waals surface area contributed by atoms with Gasteiger partial charge < -0.3 is 8.82 Å². The fourth-order valence-electron chi connectivity index (χ4n) is 9.50. The Hall–Kier alpha value is -6.26. The van der Waals surface area contributed by atoms with Crippen LogP contribution in [0.1, 0.15) is 29.5 Å². The lowest BCUT2D eigenvalue weighted by Crippen LogP contribution is -2.48. The standard InChI is InChI=1S/C46H31N3O/c1-2-12-30-29(11-1)31-16-10-21-47-20-7-5-17-39(47)35-25-36-33-14-9-15-34-37-26-38-32-13-3-4-19-44(32)50-45(38)27-43(37)49(46(33)34)42(36)24-28(35)23-41(31)48-22-8-6-18-40(30)48/h1-15,17-22,24-27,31,41H,16,23H2/q+2/b21-10+. The number of para-hydroxylation sites is 2. The van der Waals surface area contributed by atoms with Crippen LogP contribution < -0.4 is 9.13 Å². The normalized spacial score (nSPS) is 17.6. The molecule has 2 aliphatic heterocycles. The summed E-state index contributed by atoms with van der Waals surface area (Å²) in [6, 6.07) is 47.3. The van der Waals surface area contributed by atoms with E-state index >= 15 is 0 Å². The minimum Gasteiger partial charge on any atom is -0.456 e. The molecule has 10 aromatic rings. The molecule has 5 aromatic carbocycles. The highest BCUT2D eigenvalue weighted by Gasteiger charge is 2.40. The Morgan fingerprint density at radius 1 is 0.580 bits per heavy atom. The second-order valence-corrected chi connectivity index (χ2v) is 14.1. The first kappa shape index (κ1) is 26.7. The van der Waals surface area contributed by atoms with Crippen molar-refractivity contribution in [2.24, 2.45) is 0 Å². The predicted octanol–water partition coefficient (Wildman–Crippen LogP) is 10.4. The van der Waals surface area contributed by atoms with Gasteiger partial charge in [-0.25, -0.2) is 0 Å². The number of benzene rings is 5. The molecule has 234 valence electrons. The summed E-state index contributed by atoms with van der Waals surface area (Å²) in [5, 5.41) is 7.46. The third-order valence-electron chi connectivity index (χ3n) is 11.6. The fourth-order valence-corrected chi connectivity index (χ4v) is 9.50. The quantitative estimate of drug-likeness (QED) is 0.151. The Balaban J connectivity index is 1.18. The SMILES string of the molecule is C1=C/[n+]2ccccc2-c2cc3c4cccc5c6cc7c(cc6n(c3cc2CC2C(C/1)c1ccccc1-c1cccc[n+]12)c45)oc1ccccc17. The summed E-state index contributed by atoms with van der Waals surface area (Å²) >= 11 is 0. The van der Waals surface area contributed by atoms with Crippen LogP contribution in [0, 0.1) is 0 Å². The first-order valence-electron chi connectivity index (χ1n) is 17.6. The van der Waals surface area contributed by atoms with E-state index in [1.165, 1.54) is 82.5 Å². The van der Waals surface area contributed by atoms with Gasteiger partial charge in [-0.05, 0) is 66.1 Å². The van der Waals surface area contributed by atoms with Crippen LogP contribution in [0.4, 0.5) is 0 Å². The van der Waals surface area contributed by atoms with Crippen LogP contribution in [0.5, 0.6) is 0 Å². The van der Waals surface area contributed by atoms with E-state index in [9.17, 15) is 0 Å². The molecule has 2 atom stereocenters. The van der Waals surface area contributed by atoms with E-state index in [0.717, 1.165) is 24.0 Å². The molecule has 50 heavy (non-hydrogen) atoms. The van der Waals surface area contributed by atoms with Crippen LogP contribution in [-0.4, -0.2) is 4.40 Å². The number of aromatic nitrogens is 3. The van der Waals surface area contributed by atoms with Crippen molar-refractivity contribution in [3.63, 3.8) is 0 Å². The Bertz CT molecular complexity index is 3070. The second kappa shape index (κ2) is 9.67. The van der Waals surface area contributed by atoms with Gasteiger partial charge in [-0.3, -0.25) is 0 Å². The molecule has 4 heteroatoms. The maximum Gasteiger partial charge on any atom is 0.218 e. The number of fused-ring (bicyclic) bond motifs is 18. The van der Waals surface area contributed by atoms with E-state index in [2.05, 4.69) is 160 Å². The van der Waals surface area contributed by atoms with Crippen molar-refractivity contribution in [2.45, 2.75) is 24.8 Å². The van der Waals surface area contributed by atoms with Crippen molar-refractivity contribution >= 4 is 66.2 Å². The zero-order valence-corrected chi connectivity index (χ0v) is 27.3. The number of hydrogen-bond donors (Lipinski definition) is 0. The molecule has 0 amide bonds. The summed E-state index contributed by atoms with van der Waals surface area (Å²) in [7, 11) is 0. The van der Waals surface area contributed by atoms with Crippen molar-refractivity contribution in [2.75, 3.05) is 0 Å². The van der Waals surface area contributed by atoms with Gasteiger partial charge in [0.2, 0.25) is 11.4 Å². The van der Waals surface area contributed by atoms with Gasteiger partial charge in [0.05, 0.1) is 28.0 Å². The van der Waals surface area contributed by atoms with Crippen LogP contribution in [0.3, 0.4) is 0 Å². The maximum atomic E-state index is 6.44. The lowest BCUT2D eigenvalue weighted by Gasteiger charge is -2.30. The molecule has 0 spiro atoms. The summed E-state index contributed by atoms with van der Waals surface area (Å²) in [6.07, 6.45) is 11.0. The fraction of sp³-hybridized carbons (Fsp3) is 0.0870. The average molecular weight is 642 g/mol. The number of furan rings is 1. The number of nitrogens with zero attached hydrogens (tertiary/aromatic N) is 3. The molecule has 5 aromatic heterocycles. The molecule has 2 unspecified atom stereocenters. The second-order valence-electron chi connectivity index (χ2n) is 14.1. The molecule has 12 rings (SSSR count). The highest BCUT2D eigenvalue weighted by atomic mass is 16.3. The van der Waals surface area contributed by atoms with Crippen molar-refractivity contribution in [1.29, 1.82) is 0 Å². The number of allylic oxidation sites excluding steroid dienone is 1. The van der Waals surface area contributed by atoms with E-state index in [-0.39, 0.29) is 6.04 Å². The van der Waals surface area contributed by atoms with Gasteiger partial charge in [-0.1, -0.05) is 54.6 Å². The molecular formula is C46H31N3O+2. The summed E-state index contributed by atoms with van der Waals surface area (Å²) in [4.78, 5) is 0. The van der Waals surface area contributed by atoms with Crippen molar-refractivity contribution in [3.05, 3.63) is 157 Å². The van der Waals surface area contributed by atoms with E-state index in [4.69, 9.17) is 4.42 Å². The lowest BCUT2D eigenvalue weighted by molar-refractivity contribution is -0.718. The van der Waals surface area contributed by atoms with Crippen molar-refractivity contribution < 1.29 is 13.6 Å². The predicted molar refractivity (Wildman–Crippen MR) is 202 cm³/mol. The molecule has 0 saturated carbocycles. The third kappa shape index (κ3) is 3.45. The molecule has 0 aliphatic carbocycles. The zero-order chi connectivity index (χ0) is 32.5. The Morgan fingerprint density at radius 3 is 2.28 bits per heavy atom. The van der Waals surface area contributed by atoms with Crippen LogP contribution in [0.2, 0.25) is 0 Å². The van der Waals surface area contributed by atoms with E-state index < -0.39 is 0 Å². The van der Waals surface area contributed by atoms with Gasteiger partial charge in [0.25, 0.3) is 0 Å². The van der Waals surface area contributed by atoms with Gasteiger partial charge in [-0.2, -0.15) is 9.13 Å². The average Bonchev–Trinajstić information content (AvgIpc) is 3.81. The summed E-state index contributed by atoms with van der Waals surface area (Å²) in [5.74, 6) is 0.340. The third-order valence-corrected chi connectivity index (χ3v) is 11.6.